The van der Waals surface area contributed by atoms with Crippen molar-refractivity contribution in [1.82, 2.24) is 9.78 Å². The van der Waals surface area contributed by atoms with Crippen molar-refractivity contribution in [2.75, 3.05) is 0 Å². The number of alkyl halides is 3. The monoisotopic (exact) mass is 230 g/mol. The zero-order valence-corrected chi connectivity index (χ0v) is 7.73. The summed E-state index contributed by atoms with van der Waals surface area (Å²) < 4.78 is 42.7. The lowest BCUT2D eigenvalue weighted by molar-refractivity contribution is -0.137. The Morgan fingerprint density at radius 3 is 2.50 bits per heavy atom. The Morgan fingerprint density at radius 2 is 1.94 bits per heavy atom. The second kappa shape index (κ2) is 3.51. The molecular weight excluding hydrogens is 225 g/mol. The summed E-state index contributed by atoms with van der Waals surface area (Å²) in [5.74, 6) is -0.961. The van der Waals surface area contributed by atoms with E-state index in [4.69, 9.17) is 0 Å². The van der Waals surface area contributed by atoms with Crippen LogP contribution in [-0.4, -0.2) is 9.78 Å². The lowest BCUT2D eigenvalue weighted by Gasteiger charge is -2.10. The highest BCUT2D eigenvalue weighted by Crippen LogP contribution is 2.32. The number of hydrogen-bond acceptors (Lipinski definition) is 3. The van der Waals surface area contributed by atoms with Gasteiger partial charge < -0.3 is 4.42 Å². The molecule has 0 aliphatic carbocycles. The molecule has 84 valence electrons. The molecule has 0 aliphatic heterocycles. The number of nitrogens with zero attached hydrogens (tertiary/aromatic N) is 2. The van der Waals surface area contributed by atoms with Gasteiger partial charge in [0.15, 0.2) is 0 Å². The normalized spacial score (nSPS) is 11.7. The standard InChI is InChI=1S/C9H5F3N2O2/c10-9(11,12)6-3-1-2-4-7(6)14-8(15)16-5-13-14/h1-5H. The van der Waals surface area contributed by atoms with Crippen LogP contribution in [0.2, 0.25) is 0 Å². The van der Waals surface area contributed by atoms with E-state index >= 15 is 0 Å². The smallest absolute Gasteiger partial charge is 0.395 e. The maximum Gasteiger partial charge on any atom is 0.441 e. The van der Waals surface area contributed by atoms with Gasteiger partial charge in [0.05, 0.1) is 11.3 Å². The third kappa shape index (κ3) is 1.71. The number of para-hydroxylation sites is 1. The van der Waals surface area contributed by atoms with E-state index in [2.05, 4.69) is 9.52 Å². The van der Waals surface area contributed by atoms with Gasteiger partial charge in [0.25, 0.3) is 0 Å². The van der Waals surface area contributed by atoms with E-state index < -0.39 is 17.5 Å². The summed E-state index contributed by atoms with van der Waals surface area (Å²) >= 11 is 0. The quantitative estimate of drug-likeness (QED) is 0.751. The Labute approximate surface area is 86.9 Å². The van der Waals surface area contributed by atoms with Gasteiger partial charge in [0.1, 0.15) is 0 Å². The molecule has 0 unspecified atom stereocenters. The van der Waals surface area contributed by atoms with Crippen LogP contribution in [-0.2, 0) is 6.18 Å². The van der Waals surface area contributed by atoms with Crippen molar-refractivity contribution in [2.45, 2.75) is 6.18 Å². The molecule has 0 saturated carbocycles. The van der Waals surface area contributed by atoms with E-state index in [9.17, 15) is 18.0 Å². The van der Waals surface area contributed by atoms with Crippen molar-refractivity contribution in [1.29, 1.82) is 0 Å². The molecule has 7 heteroatoms. The van der Waals surface area contributed by atoms with Gasteiger partial charge in [-0.15, -0.1) is 5.10 Å². The molecule has 0 N–H and O–H groups in total. The van der Waals surface area contributed by atoms with Gasteiger partial charge in [0, 0.05) is 0 Å². The minimum absolute atomic E-state index is 0.353. The summed E-state index contributed by atoms with van der Waals surface area (Å²) in [6.45, 7) is 0. The molecule has 0 aliphatic rings. The van der Waals surface area contributed by atoms with E-state index in [0.717, 1.165) is 18.5 Å². The summed E-state index contributed by atoms with van der Waals surface area (Å²) in [6.07, 6.45) is -3.76. The van der Waals surface area contributed by atoms with Crippen LogP contribution in [0.25, 0.3) is 5.69 Å². The summed E-state index contributed by atoms with van der Waals surface area (Å²) in [7, 11) is 0. The number of rotatable bonds is 1. The van der Waals surface area contributed by atoms with Crippen LogP contribution in [0.1, 0.15) is 5.56 Å². The summed E-state index contributed by atoms with van der Waals surface area (Å²) in [5.41, 5.74) is -1.29. The summed E-state index contributed by atoms with van der Waals surface area (Å²) in [6, 6.07) is 4.63. The second-order valence-electron chi connectivity index (χ2n) is 2.93. The minimum Gasteiger partial charge on any atom is -0.395 e. The Balaban J connectivity index is 2.67. The van der Waals surface area contributed by atoms with Crippen molar-refractivity contribution in [3.05, 3.63) is 46.8 Å². The molecule has 0 atom stereocenters. The Hall–Kier alpha value is -2.05. The van der Waals surface area contributed by atoms with Crippen molar-refractivity contribution < 1.29 is 17.6 Å². The van der Waals surface area contributed by atoms with E-state index in [1.807, 2.05) is 0 Å². The maximum atomic E-state index is 12.6. The predicted octanol–water partition coefficient (Wildman–Crippen LogP) is 1.84. The molecular formula is C9H5F3N2O2. The zero-order chi connectivity index (χ0) is 11.8. The van der Waals surface area contributed by atoms with Crippen LogP contribution >= 0.6 is 0 Å². The number of aromatic nitrogens is 2. The minimum atomic E-state index is -4.55. The molecule has 1 aromatic heterocycles. The van der Waals surface area contributed by atoms with Crippen molar-refractivity contribution in [3.63, 3.8) is 0 Å². The zero-order valence-electron chi connectivity index (χ0n) is 7.73. The van der Waals surface area contributed by atoms with Crippen LogP contribution in [0, 0.1) is 0 Å². The van der Waals surface area contributed by atoms with Crippen molar-refractivity contribution in [2.24, 2.45) is 0 Å². The van der Waals surface area contributed by atoms with Gasteiger partial charge >= 0.3 is 11.9 Å². The van der Waals surface area contributed by atoms with Crippen LogP contribution in [0.15, 0.2) is 39.9 Å². The van der Waals surface area contributed by atoms with Crippen LogP contribution in [0.4, 0.5) is 13.2 Å². The first kappa shape index (κ1) is 10.5. The van der Waals surface area contributed by atoms with Gasteiger partial charge in [-0.05, 0) is 12.1 Å². The van der Waals surface area contributed by atoms with Gasteiger partial charge in [-0.2, -0.15) is 17.9 Å². The Kier molecular flexibility index (Phi) is 2.30. The van der Waals surface area contributed by atoms with Crippen molar-refractivity contribution >= 4 is 0 Å². The Morgan fingerprint density at radius 1 is 1.25 bits per heavy atom. The number of benzene rings is 1. The first-order chi connectivity index (χ1) is 7.50. The topological polar surface area (TPSA) is 48.0 Å². The summed E-state index contributed by atoms with van der Waals surface area (Å²) in [5, 5.41) is 3.40. The average molecular weight is 230 g/mol. The lowest BCUT2D eigenvalue weighted by atomic mass is 10.2. The molecule has 2 aromatic rings. The van der Waals surface area contributed by atoms with Gasteiger partial charge in [-0.3, -0.25) is 0 Å². The second-order valence-corrected chi connectivity index (χ2v) is 2.93. The number of hydrogen-bond donors (Lipinski definition) is 0. The molecule has 0 bridgehead atoms. The molecule has 0 radical (unpaired) electrons. The van der Waals surface area contributed by atoms with Gasteiger partial charge in [-0.1, -0.05) is 12.1 Å². The van der Waals surface area contributed by atoms with Crippen LogP contribution in [0.3, 0.4) is 0 Å². The molecule has 0 saturated heterocycles. The highest BCUT2D eigenvalue weighted by atomic mass is 19.4. The molecule has 16 heavy (non-hydrogen) atoms. The third-order valence-corrected chi connectivity index (χ3v) is 1.93. The maximum absolute atomic E-state index is 12.6. The first-order valence-electron chi connectivity index (χ1n) is 4.19. The molecule has 1 aromatic carbocycles. The Bertz CT molecular complexity index is 556. The lowest BCUT2D eigenvalue weighted by Crippen LogP contribution is -2.18. The summed E-state index contributed by atoms with van der Waals surface area (Å²) in [4.78, 5) is 11.1. The average Bonchev–Trinajstić information content (AvgIpc) is 2.63. The van der Waals surface area contributed by atoms with E-state index in [-0.39, 0.29) is 5.69 Å². The largest absolute Gasteiger partial charge is 0.441 e. The fraction of sp³-hybridized carbons (Fsp3) is 0.111. The van der Waals surface area contributed by atoms with E-state index in [0.29, 0.717) is 4.68 Å². The molecule has 4 nitrogen and oxygen atoms in total. The van der Waals surface area contributed by atoms with Gasteiger partial charge in [0.2, 0.25) is 6.39 Å². The fourth-order valence-electron chi connectivity index (χ4n) is 1.27. The third-order valence-electron chi connectivity index (χ3n) is 1.93. The SMILES string of the molecule is O=c1ocnn1-c1ccccc1C(F)(F)F. The van der Waals surface area contributed by atoms with E-state index in [1.54, 1.807) is 0 Å². The molecule has 1 heterocycles. The molecule has 2 rings (SSSR count). The molecule has 0 amide bonds. The number of halogens is 3. The molecule has 0 fully saturated rings. The highest BCUT2D eigenvalue weighted by Gasteiger charge is 2.34. The molecule has 0 spiro atoms. The van der Waals surface area contributed by atoms with Crippen LogP contribution in [0.5, 0.6) is 0 Å². The van der Waals surface area contributed by atoms with Crippen LogP contribution < -0.4 is 5.76 Å². The highest BCUT2D eigenvalue weighted by molar-refractivity contribution is 5.41. The first-order valence-corrected chi connectivity index (χ1v) is 4.19. The van der Waals surface area contributed by atoms with Crippen molar-refractivity contribution in [3.8, 4) is 5.69 Å². The van der Waals surface area contributed by atoms with Gasteiger partial charge in [-0.25, -0.2) is 4.79 Å². The fourth-order valence-corrected chi connectivity index (χ4v) is 1.27. The predicted molar refractivity (Wildman–Crippen MR) is 47.1 cm³/mol. The van der Waals surface area contributed by atoms with E-state index in [1.165, 1.54) is 12.1 Å².